The number of benzene rings is 2. The predicted molar refractivity (Wildman–Crippen MR) is 130 cm³/mol. The summed E-state index contributed by atoms with van der Waals surface area (Å²) in [6.45, 7) is 1.64. The smallest absolute Gasteiger partial charge is 0.163 e. The number of anilines is 2. The first-order valence-electron chi connectivity index (χ1n) is 11.5. The van der Waals surface area contributed by atoms with E-state index in [4.69, 9.17) is 18.9 Å². The van der Waals surface area contributed by atoms with Gasteiger partial charge in [-0.25, -0.2) is 0 Å². The standard InChI is InChI=1S/C27H32N2O4/c1-30-16-17-32-25-12-6-5-11-24(25)29(20-21-8-7-15-28-19-21)22-13-14-26(31-2)27(18-22)33-23-9-3-4-10-23/h5-8,11-15,18-19,23H,3-4,9-10,16-17,20H2,1-2H3. The average molecular weight is 449 g/mol. The molecule has 0 N–H and O–H groups in total. The highest BCUT2D eigenvalue weighted by Crippen LogP contribution is 2.40. The van der Waals surface area contributed by atoms with Crippen LogP contribution >= 0.6 is 0 Å². The van der Waals surface area contributed by atoms with Crippen LogP contribution in [0.5, 0.6) is 17.2 Å². The molecule has 1 aromatic heterocycles. The van der Waals surface area contributed by atoms with E-state index < -0.39 is 0 Å². The van der Waals surface area contributed by atoms with Gasteiger partial charge in [-0.1, -0.05) is 18.2 Å². The van der Waals surface area contributed by atoms with Crippen molar-refractivity contribution in [3.05, 3.63) is 72.6 Å². The average Bonchev–Trinajstić information content (AvgIpc) is 3.37. The minimum atomic E-state index is 0.241. The summed E-state index contributed by atoms with van der Waals surface area (Å²) in [5.41, 5.74) is 3.06. The van der Waals surface area contributed by atoms with E-state index in [2.05, 4.69) is 34.1 Å². The maximum Gasteiger partial charge on any atom is 0.163 e. The fourth-order valence-corrected chi connectivity index (χ4v) is 4.14. The molecule has 0 atom stereocenters. The van der Waals surface area contributed by atoms with Crippen molar-refractivity contribution in [1.29, 1.82) is 0 Å². The first-order valence-corrected chi connectivity index (χ1v) is 11.5. The summed E-state index contributed by atoms with van der Waals surface area (Å²) in [6, 6.07) is 18.2. The van der Waals surface area contributed by atoms with Crippen molar-refractivity contribution in [3.8, 4) is 17.2 Å². The largest absolute Gasteiger partial charge is 0.493 e. The summed E-state index contributed by atoms with van der Waals surface area (Å²) in [6.07, 6.45) is 8.52. The second-order valence-corrected chi connectivity index (χ2v) is 8.12. The third kappa shape index (κ3) is 5.96. The number of nitrogens with zero attached hydrogens (tertiary/aromatic N) is 2. The first kappa shape index (κ1) is 22.9. The van der Waals surface area contributed by atoms with Crippen LogP contribution in [-0.2, 0) is 11.3 Å². The van der Waals surface area contributed by atoms with Crippen LogP contribution in [0.3, 0.4) is 0 Å². The van der Waals surface area contributed by atoms with Crippen LogP contribution in [0.1, 0.15) is 31.2 Å². The lowest BCUT2D eigenvalue weighted by Gasteiger charge is -2.28. The minimum Gasteiger partial charge on any atom is -0.493 e. The molecule has 1 heterocycles. The molecule has 0 amide bonds. The molecule has 1 aliphatic rings. The van der Waals surface area contributed by atoms with Crippen molar-refractivity contribution < 1.29 is 18.9 Å². The zero-order chi connectivity index (χ0) is 22.9. The Balaban J connectivity index is 1.71. The van der Waals surface area contributed by atoms with Gasteiger partial charge in [0.25, 0.3) is 0 Å². The van der Waals surface area contributed by atoms with Crippen LogP contribution in [-0.4, -0.2) is 38.5 Å². The predicted octanol–water partition coefficient (Wildman–Crippen LogP) is 5.78. The van der Waals surface area contributed by atoms with Crippen molar-refractivity contribution in [3.63, 3.8) is 0 Å². The fourth-order valence-electron chi connectivity index (χ4n) is 4.14. The quantitative estimate of drug-likeness (QED) is 0.347. The SMILES string of the molecule is COCCOc1ccccc1N(Cc1cccnc1)c1ccc(OC)c(OC2CCCC2)c1. The van der Waals surface area contributed by atoms with Gasteiger partial charge in [0.1, 0.15) is 12.4 Å². The second kappa shape index (κ2) is 11.6. The van der Waals surface area contributed by atoms with Crippen molar-refractivity contribution in [2.45, 2.75) is 38.3 Å². The molecule has 3 aromatic rings. The maximum absolute atomic E-state index is 6.37. The number of hydrogen-bond acceptors (Lipinski definition) is 6. The summed E-state index contributed by atoms with van der Waals surface area (Å²) < 4.78 is 23.2. The zero-order valence-corrected chi connectivity index (χ0v) is 19.4. The van der Waals surface area contributed by atoms with Gasteiger partial charge >= 0.3 is 0 Å². The van der Waals surface area contributed by atoms with Gasteiger partial charge in [-0.3, -0.25) is 4.98 Å². The molecule has 0 aliphatic heterocycles. The van der Waals surface area contributed by atoms with Crippen molar-refractivity contribution in [2.75, 3.05) is 32.3 Å². The molecule has 0 saturated heterocycles. The van der Waals surface area contributed by atoms with Gasteiger partial charge in [-0.15, -0.1) is 0 Å². The molecule has 0 unspecified atom stereocenters. The third-order valence-corrected chi connectivity index (χ3v) is 5.82. The third-order valence-electron chi connectivity index (χ3n) is 5.82. The van der Waals surface area contributed by atoms with Crippen molar-refractivity contribution >= 4 is 11.4 Å². The lowest BCUT2D eigenvalue weighted by molar-refractivity contribution is 0.146. The monoisotopic (exact) mass is 448 g/mol. The van der Waals surface area contributed by atoms with Gasteiger partial charge in [0.05, 0.1) is 25.5 Å². The van der Waals surface area contributed by atoms with Crippen LogP contribution in [0.15, 0.2) is 67.0 Å². The fraction of sp³-hybridized carbons (Fsp3) is 0.370. The summed E-state index contributed by atoms with van der Waals surface area (Å²) in [4.78, 5) is 6.52. The number of pyridine rings is 1. The molecule has 1 saturated carbocycles. The van der Waals surface area contributed by atoms with Crippen LogP contribution in [0, 0.1) is 0 Å². The normalized spacial score (nSPS) is 13.6. The van der Waals surface area contributed by atoms with E-state index in [1.54, 1.807) is 20.4 Å². The molecule has 2 aromatic carbocycles. The van der Waals surface area contributed by atoms with E-state index in [-0.39, 0.29) is 6.10 Å². The van der Waals surface area contributed by atoms with Crippen molar-refractivity contribution in [1.82, 2.24) is 4.98 Å². The minimum absolute atomic E-state index is 0.241. The summed E-state index contributed by atoms with van der Waals surface area (Å²) in [5, 5.41) is 0. The highest BCUT2D eigenvalue weighted by Gasteiger charge is 2.21. The number of aromatic nitrogens is 1. The summed E-state index contributed by atoms with van der Waals surface area (Å²) in [5.74, 6) is 2.32. The number of hydrogen-bond donors (Lipinski definition) is 0. The van der Waals surface area contributed by atoms with Gasteiger partial charge in [-0.2, -0.15) is 0 Å². The Kier molecular flexibility index (Phi) is 8.04. The summed E-state index contributed by atoms with van der Waals surface area (Å²) in [7, 11) is 3.36. The Hall–Kier alpha value is -3.25. The summed E-state index contributed by atoms with van der Waals surface area (Å²) >= 11 is 0. The van der Waals surface area contributed by atoms with E-state index in [0.717, 1.165) is 47.0 Å². The van der Waals surface area contributed by atoms with Gasteiger partial charge in [0, 0.05) is 37.8 Å². The molecule has 1 fully saturated rings. The Morgan fingerprint density at radius 2 is 1.76 bits per heavy atom. The number of ether oxygens (including phenoxy) is 4. The molecular weight excluding hydrogens is 416 g/mol. The molecule has 6 heteroatoms. The zero-order valence-electron chi connectivity index (χ0n) is 19.4. The lowest BCUT2D eigenvalue weighted by Crippen LogP contribution is -2.19. The van der Waals surface area contributed by atoms with Gasteiger partial charge in [0.2, 0.25) is 0 Å². The highest BCUT2D eigenvalue weighted by molar-refractivity contribution is 5.71. The Morgan fingerprint density at radius 1 is 0.909 bits per heavy atom. The Labute approximate surface area is 196 Å². The van der Waals surface area contributed by atoms with Crippen LogP contribution in [0.2, 0.25) is 0 Å². The van der Waals surface area contributed by atoms with Gasteiger partial charge in [-0.05, 0) is 61.6 Å². The molecule has 4 rings (SSSR count). The van der Waals surface area contributed by atoms with E-state index in [0.29, 0.717) is 19.8 Å². The maximum atomic E-state index is 6.37. The number of rotatable bonds is 11. The van der Waals surface area contributed by atoms with E-state index in [1.807, 2.05) is 36.5 Å². The number of methoxy groups -OCH3 is 2. The topological polar surface area (TPSA) is 53.1 Å². The number of para-hydroxylation sites is 2. The lowest BCUT2D eigenvalue weighted by atomic mass is 10.1. The highest BCUT2D eigenvalue weighted by atomic mass is 16.5. The molecule has 0 bridgehead atoms. The van der Waals surface area contributed by atoms with Crippen LogP contribution < -0.4 is 19.1 Å². The van der Waals surface area contributed by atoms with Gasteiger partial charge < -0.3 is 23.8 Å². The molecular formula is C27H32N2O4. The molecule has 174 valence electrons. The molecule has 0 radical (unpaired) electrons. The Morgan fingerprint density at radius 3 is 2.52 bits per heavy atom. The molecule has 1 aliphatic carbocycles. The van der Waals surface area contributed by atoms with Crippen LogP contribution in [0.4, 0.5) is 11.4 Å². The Bertz CT molecular complexity index is 1010. The van der Waals surface area contributed by atoms with E-state index in [1.165, 1.54) is 12.8 Å². The van der Waals surface area contributed by atoms with Crippen LogP contribution in [0.25, 0.3) is 0 Å². The molecule has 33 heavy (non-hydrogen) atoms. The first-order chi connectivity index (χ1) is 16.3. The molecule has 6 nitrogen and oxygen atoms in total. The van der Waals surface area contributed by atoms with Gasteiger partial charge in [0.15, 0.2) is 11.5 Å². The van der Waals surface area contributed by atoms with Crippen molar-refractivity contribution in [2.24, 2.45) is 0 Å². The molecule has 0 spiro atoms. The van der Waals surface area contributed by atoms with E-state index in [9.17, 15) is 0 Å². The van der Waals surface area contributed by atoms with E-state index >= 15 is 0 Å². The second-order valence-electron chi connectivity index (χ2n) is 8.12.